The highest BCUT2D eigenvalue weighted by atomic mass is 32.1. The average Bonchev–Trinajstić information content (AvgIpc) is 3.14. The predicted molar refractivity (Wildman–Crippen MR) is 101 cm³/mol. The normalized spacial score (nSPS) is 12.2. The molecule has 0 saturated carbocycles. The first kappa shape index (κ1) is 21.2. The van der Waals surface area contributed by atoms with Gasteiger partial charge in [0.1, 0.15) is 5.01 Å². The van der Waals surface area contributed by atoms with Crippen LogP contribution in [-0.4, -0.2) is 31.1 Å². The lowest BCUT2D eigenvalue weighted by Gasteiger charge is -2.11. The van der Waals surface area contributed by atoms with Crippen LogP contribution in [0.4, 0.5) is 13.2 Å². The Hall–Kier alpha value is -2.13. The number of unbranched alkanes of at least 4 members (excludes halogenated alkanes) is 1. The number of thiazole rings is 1. The zero-order chi connectivity index (χ0) is 19.5. The summed E-state index contributed by atoms with van der Waals surface area (Å²) in [6.07, 6.45) is -2.61. The number of alkyl halides is 3. The van der Waals surface area contributed by atoms with Crippen molar-refractivity contribution in [2.75, 3.05) is 20.2 Å². The number of halogens is 3. The molecule has 2 rings (SSSR count). The Balaban J connectivity index is 1.57. The van der Waals surface area contributed by atoms with Crippen LogP contribution in [0.5, 0.6) is 0 Å². The van der Waals surface area contributed by atoms with Crippen LogP contribution in [0.15, 0.2) is 40.7 Å². The topological polar surface area (TPSA) is 58.5 Å². The molecule has 0 amide bonds. The molecule has 5 nitrogen and oxygen atoms in total. The Bertz CT molecular complexity index is 704. The van der Waals surface area contributed by atoms with Crippen molar-refractivity contribution >= 4 is 17.3 Å². The van der Waals surface area contributed by atoms with Gasteiger partial charge in [-0.05, 0) is 18.4 Å². The van der Waals surface area contributed by atoms with E-state index in [1.807, 2.05) is 30.3 Å². The highest BCUT2D eigenvalue weighted by Crippen LogP contribution is 2.29. The maximum Gasteiger partial charge on any atom is 0.434 e. The number of nitrogens with one attached hydrogen (secondary N) is 2. The molecule has 0 aliphatic rings. The van der Waals surface area contributed by atoms with Crippen LogP contribution in [0, 0.1) is 0 Å². The molecule has 0 bridgehead atoms. The lowest BCUT2D eigenvalue weighted by Crippen LogP contribution is -2.37. The Kier molecular flexibility index (Phi) is 8.53. The third kappa shape index (κ3) is 7.96. The van der Waals surface area contributed by atoms with Gasteiger partial charge in [0.15, 0.2) is 11.7 Å². The van der Waals surface area contributed by atoms with E-state index in [0.717, 1.165) is 35.1 Å². The van der Waals surface area contributed by atoms with Gasteiger partial charge in [0.25, 0.3) is 0 Å². The number of rotatable bonds is 9. The summed E-state index contributed by atoms with van der Waals surface area (Å²) in [5.41, 5.74) is 0.291. The van der Waals surface area contributed by atoms with Gasteiger partial charge in [0.2, 0.25) is 0 Å². The van der Waals surface area contributed by atoms with Crippen molar-refractivity contribution in [1.29, 1.82) is 0 Å². The highest BCUT2D eigenvalue weighted by molar-refractivity contribution is 7.09. The molecule has 0 aliphatic carbocycles. The van der Waals surface area contributed by atoms with Gasteiger partial charge in [0, 0.05) is 25.6 Å². The molecule has 0 saturated heterocycles. The summed E-state index contributed by atoms with van der Waals surface area (Å²) in [5.74, 6) is 0.531. The van der Waals surface area contributed by atoms with Crippen molar-refractivity contribution in [2.45, 2.75) is 32.2 Å². The molecule has 0 atom stereocenters. The van der Waals surface area contributed by atoms with Crippen LogP contribution in [0.1, 0.15) is 29.1 Å². The van der Waals surface area contributed by atoms with E-state index in [1.165, 1.54) is 0 Å². The van der Waals surface area contributed by atoms with E-state index in [1.54, 1.807) is 7.05 Å². The minimum absolute atomic E-state index is 0.195. The first-order valence-corrected chi connectivity index (χ1v) is 9.45. The molecule has 9 heteroatoms. The number of aliphatic imine (C=N–C) groups is 1. The molecule has 1 aromatic heterocycles. The third-order valence-electron chi connectivity index (χ3n) is 3.59. The molecular formula is C18H23F3N4OS. The number of benzene rings is 1. The molecule has 148 valence electrons. The van der Waals surface area contributed by atoms with E-state index in [-0.39, 0.29) is 6.54 Å². The fourth-order valence-electron chi connectivity index (χ4n) is 2.20. The first-order valence-electron chi connectivity index (χ1n) is 8.57. The number of hydrogen-bond acceptors (Lipinski definition) is 4. The van der Waals surface area contributed by atoms with E-state index >= 15 is 0 Å². The summed E-state index contributed by atoms with van der Waals surface area (Å²) in [6, 6.07) is 9.99. The van der Waals surface area contributed by atoms with Gasteiger partial charge >= 0.3 is 6.18 Å². The van der Waals surface area contributed by atoms with Crippen LogP contribution in [0.25, 0.3) is 0 Å². The highest BCUT2D eigenvalue weighted by Gasteiger charge is 2.33. The molecule has 0 aliphatic heterocycles. The molecule has 1 aromatic carbocycles. The zero-order valence-electron chi connectivity index (χ0n) is 15.1. The van der Waals surface area contributed by atoms with Crippen LogP contribution in [-0.2, 0) is 24.1 Å². The summed E-state index contributed by atoms with van der Waals surface area (Å²) in [4.78, 5) is 7.62. The van der Waals surface area contributed by atoms with Crippen molar-refractivity contribution in [3.05, 3.63) is 52.0 Å². The number of nitrogens with zero attached hydrogens (tertiary/aromatic N) is 2. The summed E-state index contributed by atoms with van der Waals surface area (Å²) in [5, 5.41) is 7.46. The minimum atomic E-state index is -4.41. The molecule has 0 radical (unpaired) electrons. The average molecular weight is 400 g/mol. The monoisotopic (exact) mass is 400 g/mol. The number of guanidine groups is 1. The summed E-state index contributed by atoms with van der Waals surface area (Å²) >= 11 is 0.972. The second kappa shape index (κ2) is 10.9. The van der Waals surface area contributed by atoms with E-state index in [0.29, 0.717) is 30.7 Å². The van der Waals surface area contributed by atoms with Crippen LogP contribution in [0.2, 0.25) is 0 Å². The second-order valence-electron chi connectivity index (χ2n) is 5.72. The van der Waals surface area contributed by atoms with Crippen LogP contribution >= 0.6 is 11.3 Å². The SMILES string of the molecule is CN=C(NCCCCOCc1ccccc1)NCc1nc(C(F)(F)F)cs1. The molecule has 1 heterocycles. The first-order chi connectivity index (χ1) is 13.0. The summed E-state index contributed by atoms with van der Waals surface area (Å²) < 4.78 is 43.2. The largest absolute Gasteiger partial charge is 0.434 e. The van der Waals surface area contributed by atoms with Crippen molar-refractivity contribution in [3.8, 4) is 0 Å². The molecule has 2 N–H and O–H groups in total. The fourth-order valence-corrected chi connectivity index (χ4v) is 2.94. The molecule has 0 unspecified atom stereocenters. The number of aromatic nitrogens is 1. The Morgan fingerprint density at radius 3 is 2.63 bits per heavy atom. The van der Waals surface area contributed by atoms with Gasteiger partial charge in [-0.1, -0.05) is 30.3 Å². The van der Waals surface area contributed by atoms with Crippen molar-refractivity contribution < 1.29 is 17.9 Å². The Morgan fingerprint density at radius 1 is 1.19 bits per heavy atom. The van der Waals surface area contributed by atoms with Crippen molar-refractivity contribution in [2.24, 2.45) is 4.99 Å². The fraction of sp³-hybridized carbons (Fsp3) is 0.444. The molecular weight excluding hydrogens is 377 g/mol. The van der Waals surface area contributed by atoms with E-state index in [4.69, 9.17) is 4.74 Å². The van der Waals surface area contributed by atoms with Gasteiger partial charge in [0.05, 0.1) is 13.2 Å². The Morgan fingerprint density at radius 2 is 1.96 bits per heavy atom. The maximum absolute atomic E-state index is 12.5. The Labute approximate surface area is 160 Å². The van der Waals surface area contributed by atoms with Gasteiger partial charge in [-0.3, -0.25) is 4.99 Å². The van der Waals surface area contributed by atoms with Gasteiger partial charge in [-0.25, -0.2) is 4.98 Å². The van der Waals surface area contributed by atoms with E-state index in [2.05, 4.69) is 20.6 Å². The molecule has 0 spiro atoms. The minimum Gasteiger partial charge on any atom is -0.377 e. The summed E-state index contributed by atoms with van der Waals surface area (Å²) in [7, 11) is 1.61. The number of ether oxygens (including phenoxy) is 1. The van der Waals surface area contributed by atoms with Gasteiger partial charge in [-0.2, -0.15) is 13.2 Å². The zero-order valence-corrected chi connectivity index (χ0v) is 15.9. The molecule has 0 fully saturated rings. The number of hydrogen-bond donors (Lipinski definition) is 2. The van der Waals surface area contributed by atoms with Crippen LogP contribution in [0.3, 0.4) is 0 Å². The quantitative estimate of drug-likeness (QED) is 0.382. The standard InChI is InChI=1S/C18H23F3N4OS/c1-22-17(24-11-16-25-15(13-27-16)18(19,20)21)23-9-5-6-10-26-12-14-7-3-2-4-8-14/h2-4,7-8,13H,5-6,9-12H2,1H3,(H2,22,23,24). The van der Waals surface area contributed by atoms with E-state index in [9.17, 15) is 13.2 Å². The van der Waals surface area contributed by atoms with E-state index < -0.39 is 11.9 Å². The lowest BCUT2D eigenvalue weighted by atomic mass is 10.2. The smallest absolute Gasteiger partial charge is 0.377 e. The van der Waals surface area contributed by atoms with Gasteiger partial charge in [-0.15, -0.1) is 11.3 Å². The molecule has 27 heavy (non-hydrogen) atoms. The van der Waals surface area contributed by atoms with Gasteiger partial charge < -0.3 is 15.4 Å². The lowest BCUT2D eigenvalue weighted by molar-refractivity contribution is -0.140. The van der Waals surface area contributed by atoms with Crippen LogP contribution < -0.4 is 10.6 Å². The third-order valence-corrected chi connectivity index (χ3v) is 4.44. The van der Waals surface area contributed by atoms with Crippen molar-refractivity contribution in [3.63, 3.8) is 0 Å². The summed E-state index contributed by atoms with van der Waals surface area (Å²) in [6.45, 7) is 2.16. The maximum atomic E-state index is 12.5. The predicted octanol–water partition coefficient (Wildman–Crippen LogP) is 3.82. The second-order valence-corrected chi connectivity index (χ2v) is 6.66. The van der Waals surface area contributed by atoms with Crippen molar-refractivity contribution in [1.82, 2.24) is 15.6 Å². The molecule has 2 aromatic rings.